The number of rotatable bonds is 2. The third kappa shape index (κ3) is 3.10. The van der Waals surface area contributed by atoms with Crippen LogP contribution in [0.1, 0.15) is 44.2 Å². The lowest BCUT2D eigenvalue weighted by atomic mass is 9.67. The molecule has 2 saturated heterocycles. The van der Waals surface area contributed by atoms with Gasteiger partial charge in [-0.15, -0.1) is 0 Å². The minimum Gasteiger partial charge on any atom is -0.366 e. The third-order valence-corrected chi connectivity index (χ3v) is 7.28. The van der Waals surface area contributed by atoms with Gasteiger partial charge in [-0.1, -0.05) is 30.3 Å². The maximum absolute atomic E-state index is 14.1. The van der Waals surface area contributed by atoms with Crippen molar-refractivity contribution in [2.75, 3.05) is 11.4 Å². The Morgan fingerprint density at radius 2 is 1.79 bits per heavy atom. The molecular weight excluding hydrogens is 436 g/mol. The lowest BCUT2D eigenvalue weighted by Crippen LogP contribution is -2.73. The Labute approximate surface area is 196 Å². The molecule has 3 unspecified atom stereocenters. The van der Waals surface area contributed by atoms with Gasteiger partial charge in [0.25, 0.3) is 5.69 Å². The smallest absolute Gasteiger partial charge is 0.331 e. The van der Waals surface area contributed by atoms with Gasteiger partial charge in [0.1, 0.15) is 0 Å². The number of urea groups is 1. The van der Waals surface area contributed by atoms with Crippen LogP contribution in [0.5, 0.6) is 0 Å². The van der Waals surface area contributed by atoms with Crippen molar-refractivity contribution in [1.29, 1.82) is 0 Å². The summed E-state index contributed by atoms with van der Waals surface area (Å²) in [5.41, 5.74) is -0.0561. The fourth-order valence-electron chi connectivity index (χ4n) is 5.77. The molecule has 0 bridgehead atoms. The van der Waals surface area contributed by atoms with E-state index in [4.69, 9.17) is 0 Å². The van der Waals surface area contributed by atoms with E-state index in [-0.39, 0.29) is 18.0 Å². The van der Waals surface area contributed by atoms with Crippen molar-refractivity contribution in [3.8, 4) is 0 Å². The summed E-state index contributed by atoms with van der Waals surface area (Å²) in [6, 6.07) is 13.3. The van der Waals surface area contributed by atoms with E-state index in [0.29, 0.717) is 18.5 Å². The number of amides is 4. The first-order chi connectivity index (χ1) is 16.0. The van der Waals surface area contributed by atoms with Gasteiger partial charge in [-0.2, -0.15) is 0 Å². The van der Waals surface area contributed by atoms with E-state index in [0.717, 1.165) is 16.2 Å². The molecule has 3 atom stereocenters. The van der Waals surface area contributed by atoms with Crippen LogP contribution in [0.2, 0.25) is 0 Å². The van der Waals surface area contributed by atoms with Gasteiger partial charge < -0.3 is 4.90 Å². The van der Waals surface area contributed by atoms with E-state index in [1.807, 2.05) is 35.2 Å². The van der Waals surface area contributed by atoms with E-state index in [2.05, 4.69) is 5.32 Å². The number of imide groups is 2. The first-order valence-electron chi connectivity index (χ1n) is 11.3. The van der Waals surface area contributed by atoms with E-state index in [1.165, 1.54) is 12.1 Å². The molecular formula is C25H26N4O5. The zero-order valence-corrected chi connectivity index (χ0v) is 19.3. The van der Waals surface area contributed by atoms with Crippen LogP contribution in [0.25, 0.3) is 0 Å². The maximum Gasteiger partial charge on any atom is 0.331 e. The molecule has 1 spiro atoms. The normalized spacial score (nSPS) is 26.4. The number of nitro benzene ring substituents is 1. The number of nitro groups is 1. The molecule has 2 aromatic rings. The molecule has 0 aliphatic carbocycles. The van der Waals surface area contributed by atoms with Crippen molar-refractivity contribution in [3.05, 3.63) is 69.8 Å². The molecule has 9 nitrogen and oxygen atoms in total. The van der Waals surface area contributed by atoms with Crippen molar-refractivity contribution in [1.82, 2.24) is 10.2 Å². The Bertz CT molecular complexity index is 1220. The number of hydrogen-bond donors (Lipinski definition) is 1. The maximum atomic E-state index is 14.1. The molecule has 3 aliphatic heterocycles. The van der Waals surface area contributed by atoms with Crippen LogP contribution in [0.3, 0.4) is 0 Å². The lowest BCUT2D eigenvalue weighted by Gasteiger charge is -2.51. The third-order valence-electron chi connectivity index (χ3n) is 7.28. The summed E-state index contributed by atoms with van der Waals surface area (Å²) in [6.07, 6.45) is 0.545. The van der Waals surface area contributed by atoms with Crippen LogP contribution < -0.4 is 10.2 Å². The Balaban J connectivity index is 1.68. The van der Waals surface area contributed by atoms with E-state index in [9.17, 15) is 24.5 Å². The van der Waals surface area contributed by atoms with Crippen LogP contribution in [-0.2, 0) is 16.0 Å². The van der Waals surface area contributed by atoms with Crippen LogP contribution in [0, 0.1) is 15.5 Å². The highest BCUT2D eigenvalue weighted by molar-refractivity contribution is 6.20. The van der Waals surface area contributed by atoms with Gasteiger partial charge in [-0.05, 0) is 44.4 Å². The van der Waals surface area contributed by atoms with Gasteiger partial charge in [0.15, 0.2) is 5.41 Å². The summed E-state index contributed by atoms with van der Waals surface area (Å²) in [4.78, 5) is 54.5. The van der Waals surface area contributed by atoms with Crippen molar-refractivity contribution in [2.24, 2.45) is 5.41 Å². The number of benzene rings is 2. The Hall–Kier alpha value is -3.75. The number of barbiturate groups is 1. The minimum atomic E-state index is -1.56. The van der Waals surface area contributed by atoms with Crippen molar-refractivity contribution in [2.45, 2.75) is 51.1 Å². The zero-order chi connectivity index (χ0) is 24.4. The summed E-state index contributed by atoms with van der Waals surface area (Å²) < 4.78 is 0. The Morgan fingerprint density at radius 3 is 2.44 bits per heavy atom. The highest BCUT2D eigenvalue weighted by Crippen LogP contribution is 2.52. The molecule has 176 valence electrons. The number of non-ortho nitro benzene ring substituents is 1. The predicted octanol–water partition coefficient (Wildman–Crippen LogP) is 3.38. The van der Waals surface area contributed by atoms with Gasteiger partial charge in [-0.25, -0.2) is 4.79 Å². The summed E-state index contributed by atoms with van der Waals surface area (Å²) >= 11 is 0. The molecule has 34 heavy (non-hydrogen) atoms. The number of nitrogens with one attached hydrogen (secondary N) is 1. The summed E-state index contributed by atoms with van der Waals surface area (Å²) in [5.74, 6) is -1.12. The molecule has 2 aromatic carbocycles. The van der Waals surface area contributed by atoms with E-state index < -0.39 is 39.8 Å². The number of nitrogens with zero attached hydrogens (tertiary/aromatic N) is 3. The Kier molecular flexibility index (Phi) is 4.79. The molecule has 3 aliphatic rings. The summed E-state index contributed by atoms with van der Waals surface area (Å²) in [5, 5.41) is 13.9. The topological polar surface area (TPSA) is 113 Å². The molecule has 9 heteroatoms. The van der Waals surface area contributed by atoms with Gasteiger partial charge in [0.05, 0.1) is 11.0 Å². The number of carbonyl (C=O) groups is 3. The quantitative estimate of drug-likeness (QED) is 0.416. The van der Waals surface area contributed by atoms with Gasteiger partial charge in [-0.3, -0.25) is 29.9 Å². The lowest BCUT2D eigenvalue weighted by molar-refractivity contribution is -0.384. The standard InChI is InChI=1S/C25H26N4O5/c1-24(2,3)28-22(31)25(21(30)26-23(28)32)13-16-11-18(29(33)34)9-10-19(16)27-14-17(12-20(25)27)15-7-5-4-6-8-15/h4-11,17,20H,12-14H2,1-3H3,(H,26,30,32). The largest absolute Gasteiger partial charge is 0.366 e. The van der Waals surface area contributed by atoms with Crippen molar-refractivity contribution in [3.63, 3.8) is 0 Å². The van der Waals surface area contributed by atoms with Crippen LogP contribution in [-0.4, -0.2) is 45.8 Å². The zero-order valence-electron chi connectivity index (χ0n) is 19.3. The first-order valence-corrected chi connectivity index (χ1v) is 11.3. The number of anilines is 1. The fourth-order valence-corrected chi connectivity index (χ4v) is 5.77. The summed E-state index contributed by atoms with van der Waals surface area (Å²) in [6.45, 7) is 5.80. The average molecular weight is 463 g/mol. The monoisotopic (exact) mass is 462 g/mol. The summed E-state index contributed by atoms with van der Waals surface area (Å²) in [7, 11) is 0. The van der Waals surface area contributed by atoms with Crippen LogP contribution >= 0.6 is 0 Å². The molecule has 0 saturated carbocycles. The van der Waals surface area contributed by atoms with Gasteiger partial charge in [0, 0.05) is 42.2 Å². The predicted molar refractivity (Wildman–Crippen MR) is 124 cm³/mol. The number of carbonyl (C=O) groups excluding carboxylic acids is 3. The molecule has 0 radical (unpaired) electrons. The molecule has 4 amide bonds. The van der Waals surface area contributed by atoms with E-state index in [1.54, 1.807) is 26.8 Å². The van der Waals surface area contributed by atoms with Crippen molar-refractivity contribution >= 4 is 29.2 Å². The first kappa shape index (κ1) is 22.1. The average Bonchev–Trinajstić information content (AvgIpc) is 3.23. The van der Waals surface area contributed by atoms with Gasteiger partial charge >= 0.3 is 6.03 Å². The number of hydrogen-bond acceptors (Lipinski definition) is 6. The molecule has 0 aromatic heterocycles. The minimum absolute atomic E-state index is 0.00276. The SMILES string of the molecule is CC(C)(C)N1C(=O)NC(=O)C2(Cc3cc([N+](=O)[O-])ccc3N3CC(c4ccccc4)CC32)C1=O. The fraction of sp³-hybridized carbons (Fsp3) is 0.400. The Morgan fingerprint density at radius 1 is 1.09 bits per heavy atom. The number of fused-ring (bicyclic) bond motifs is 4. The highest BCUT2D eigenvalue weighted by Gasteiger charge is 2.65. The van der Waals surface area contributed by atoms with Crippen LogP contribution in [0.15, 0.2) is 48.5 Å². The highest BCUT2D eigenvalue weighted by atomic mass is 16.6. The van der Waals surface area contributed by atoms with Crippen molar-refractivity contribution < 1.29 is 19.3 Å². The second kappa shape index (κ2) is 7.38. The molecule has 2 fully saturated rings. The second-order valence-corrected chi connectivity index (χ2v) is 10.3. The molecule has 1 N–H and O–H groups in total. The molecule has 5 rings (SSSR count). The molecule has 3 heterocycles. The second-order valence-electron chi connectivity index (χ2n) is 10.3. The van der Waals surface area contributed by atoms with E-state index >= 15 is 0 Å². The van der Waals surface area contributed by atoms with Gasteiger partial charge in [0.2, 0.25) is 11.8 Å². The van der Waals surface area contributed by atoms with Crippen LogP contribution in [0.4, 0.5) is 16.2 Å².